The largest absolute Gasteiger partial charge is 0.508 e. The first kappa shape index (κ1) is 6.74. The van der Waals surface area contributed by atoms with Crippen LogP contribution in [0.25, 0.3) is 0 Å². The van der Waals surface area contributed by atoms with Gasteiger partial charge in [-0.1, -0.05) is 0 Å². The summed E-state index contributed by atoms with van der Waals surface area (Å²) in [5, 5.41) is 8.82. The number of nitroso groups, excluding NO2 is 1. The van der Waals surface area contributed by atoms with Crippen LogP contribution in [-0.4, -0.2) is 16.9 Å². The Hall–Kier alpha value is -1.38. The van der Waals surface area contributed by atoms with Crippen molar-refractivity contribution in [2.75, 3.05) is 7.05 Å². The van der Waals surface area contributed by atoms with Gasteiger partial charge in [0.15, 0.2) is 7.05 Å². The Kier molecular flexibility index (Phi) is 1.67. The van der Waals surface area contributed by atoms with Crippen molar-refractivity contribution in [2.45, 2.75) is 0 Å². The molecule has 1 rings (SSSR count). The number of benzene rings is 1. The summed E-state index contributed by atoms with van der Waals surface area (Å²) in [6.45, 7) is 0. The molecule has 0 radical (unpaired) electrons. The molecule has 10 heavy (non-hydrogen) atoms. The molecule has 0 heterocycles. The van der Waals surface area contributed by atoms with Crippen molar-refractivity contribution in [3.8, 4) is 5.75 Å². The molecule has 52 valence electrons. The number of phenolic OH excluding ortho intramolecular Hbond substituents is 1. The van der Waals surface area contributed by atoms with Gasteiger partial charge in [0, 0.05) is 21.8 Å². The van der Waals surface area contributed by atoms with Gasteiger partial charge in [0.1, 0.15) is 5.75 Å². The molecular weight excluding hydrogens is 130 g/mol. The summed E-state index contributed by atoms with van der Waals surface area (Å²) < 4.78 is 0.736. The lowest BCUT2D eigenvalue weighted by Gasteiger charge is -1.87. The molecule has 0 aliphatic heterocycles. The van der Waals surface area contributed by atoms with E-state index in [0.29, 0.717) is 5.69 Å². The zero-order chi connectivity index (χ0) is 7.56. The molecule has 0 aliphatic carbocycles. The van der Waals surface area contributed by atoms with E-state index in [2.05, 4.69) is 0 Å². The minimum Gasteiger partial charge on any atom is -0.508 e. The molecule has 0 saturated heterocycles. The maximum absolute atomic E-state index is 10.6. The van der Waals surface area contributed by atoms with Crippen LogP contribution < -0.4 is 0 Å². The van der Waals surface area contributed by atoms with Crippen molar-refractivity contribution in [1.29, 1.82) is 0 Å². The first-order valence-electron chi connectivity index (χ1n) is 2.90. The van der Waals surface area contributed by atoms with Crippen LogP contribution in [0.15, 0.2) is 24.3 Å². The average molecular weight is 138 g/mol. The highest BCUT2D eigenvalue weighted by Gasteiger charge is 2.03. The monoisotopic (exact) mass is 138 g/mol. The predicted octanol–water partition coefficient (Wildman–Crippen LogP) is 1.43. The second kappa shape index (κ2) is 2.47. The number of aromatic hydroxyl groups is 1. The predicted molar refractivity (Wildman–Crippen MR) is 37.3 cm³/mol. The number of phenols is 1. The summed E-state index contributed by atoms with van der Waals surface area (Å²) in [6.07, 6.45) is 0. The summed E-state index contributed by atoms with van der Waals surface area (Å²) in [7, 11) is 1.41. The van der Waals surface area contributed by atoms with E-state index in [1.807, 2.05) is 0 Å². The van der Waals surface area contributed by atoms with Crippen LogP contribution >= 0.6 is 0 Å². The summed E-state index contributed by atoms with van der Waals surface area (Å²) in [5.41, 5.74) is 0.540. The maximum Gasteiger partial charge on any atom is 0.255 e. The number of hydrogen-bond donors (Lipinski definition) is 1. The van der Waals surface area contributed by atoms with Crippen molar-refractivity contribution in [3.05, 3.63) is 29.2 Å². The van der Waals surface area contributed by atoms with Crippen molar-refractivity contribution in [2.24, 2.45) is 0 Å². The van der Waals surface area contributed by atoms with E-state index in [1.54, 1.807) is 12.1 Å². The molecule has 3 nitrogen and oxygen atoms in total. The first-order valence-corrected chi connectivity index (χ1v) is 2.90. The van der Waals surface area contributed by atoms with Crippen LogP contribution in [0.1, 0.15) is 0 Å². The second-order valence-corrected chi connectivity index (χ2v) is 2.01. The van der Waals surface area contributed by atoms with Crippen molar-refractivity contribution in [1.82, 2.24) is 0 Å². The third kappa shape index (κ3) is 1.31. The molecular formula is C7H8NO2+. The number of hydrogen-bond acceptors (Lipinski definition) is 2. The Bertz CT molecular complexity index is 240. The molecule has 0 saturated carbocycles. The van der Waals surface area contributed by atoms with Gasteiger partial charge < -0.3 is 5.11 Å². The Labute approximate surface area is 58.5 Å². The summed E-state index contributed by atoms with van der Waals surface area (Å²) >= 11 is 0. The van der Waals surface area contributed by atoms with Gasteiger partial charge >= 0.3 is 0 Å². The molecule has 0 fully saturated rings. The van der Waals surface area contributed by atoms with Crippen LogP contribution in [0.4, 0.5) is 5.69 Å². The Morgan fingerprint density at radius 2 is 1.80 bits per heavy atom. The van der Waals surface area contributed by atoms with Gasteiger partial charge in [0.2, 0.25) is 0 Å². The lowest BCUT2D eigenvalue weighted by molar-refractivity contribution is -0.428. The topological polar surface area (TPSA) is 40.3 Å². The van der Waals surface area contributed by atoms with Crippen LogP contribution in [-0.2, 0) is 0 Å². The van der Waals surface area contributed by atoms with Crippen LogP contribution in [0.5, 0.6) is 5.75 Å². The normalized spacial score (nSPS) is 9.30. The minimum absolute atomic E-state index is 0.172. The summed E-state index contributed by atoms with van der Waals surface area (Å²) in [4.78, 5) is 10.6. The van der Waals surface area contributed by atoms with Gasteiger partial charge in [-0.05, 0) is 12.1 Å². The highest BCUT2D eigenvalue weighted by atomic mass is 16.3. The van der Waals surface area contributed by atoms with E-state index in [9.17, 15) is 4.91 Å². The fourth-order valence-electron chi connectivity index (χ4n) is 0.663. The molecule has 0 atom stereocenters. The van der Waals surface area contributed by atoms with Crippen molar-refractivity contribution in [3.63, 3.8) is 0 Å². The van der Waals surface area contributed by atoms with E-state index >= 15 is 0 Å². The van der Waals surface area contributed by atoms with Crippen molar-refractivity contribution >= 4 is 5.69 Å². The maximum atomic E-state index is 10.6. The number of nitrogens with zero attached hydrogens (tertiary/aromatic N) is 1. The molecule has 0 amide bonds. The third-order valence-electron chi connectivity index (χ3n) is 1.21. The van der Waals surface area contributed by atoms with Gasteiger partial charge in [-0.25, -0.2) is 0 Å². The second-order valence-electron chi connectivity index (χ2n) is 2.01. The Morgan fingerprint density at radius 3 is 2.20 bits per heavy atom. The Balaban J connectivity index is 3.00. The van der Waals surface area contributed by atoms with E-state index in [1.165, 1.54) is 19.2 Å². The smallest absolute Gasteiger partial charge is 0.255 e. The van der Waals surface area contributed by atoms with Gasteiger partial charge in [-0.3, -0.25) is 0 Å². The molecule has 0 spiro atoms. The Morgan fingerprint density at radius 1 is 1.30 bits per heavy atom. The first-order chi connectivity index (χ1) is 4.70. The van der Waals surface area contributed by atoms with E-state index < -0.39 is 0 Å². The van der Waals surface area contributed by atoms with Crippen LogP contribution in [0.2, 0.25) is 0 Å². The minimum atomic E-state index is 0.172. The zero-order valence-electron chi connectivity index (χ0n) is 5.61. The number of rotatable bonds is 1. The van der Waals surface area contributed by atoms with E-state index in [0.717, 1.165) is 4.76 Å². The average Bonchev–Trinajstić information content (AvgIpc) is 1.88. The van der Waals surface area contributed by atoms with Crippen molar-refractivity contribution < 1.29 is 9.87 Å². The fraction of sp³-hybridized carbons (Fsp3) is 0.143. The zero-order valence-corrected chi connectivity index (χ0v) is 5.61. The standard InChI is InChI=1S/C7H7NO2/c1-8(10)6-2-4-7(9)5-3-6/h2-5H,1H3/p+1. The SMILES string of the molecule is C[N+](=O)c1ccc(O)cc1. The van der Waals surface area contributed by atoms with Gasteiger partial charge in [-0.15, -0.1) is 0 Å². The molecule has 0 bridgehead atoms. The lowest BCUT2D eigenvalue weighted by atomic mass is 10.3. The van der Waals surface area contributed by atoms with Crippen LogP contribution in [0.3, 0.4) is 0 Å². The molecule has 1 aromatic carbocycles. The van der Waals surface area contributed by atoms with Gasteiger partial charge in [0.05, 0.1) is 0 Å². The quantitative estimate of drug-likeness (QED) is 0.596. The lowest BCUT2D eigenvalue weighted by Crippen LogP contribution is -1.88. The van der Waals surface area contributed by atoms with Crippen LogP contribution in [0, 0.1) is 4.91 Å². The highest BCUT2D eigenvalue weighted by molar-refractivity contribution is 5.34. The molecule has 1 aromatic rings. The molecule has 3 heteroatoms. The van der Waals surface area contributed by atoms with E-state index in [4.69, 9.17) is 5.11 Å². The third-order valence-corrected chi connectivity index (χ3v) is 1.21. The summed E-state index contributed by atoms with van der Waals surface area (Å²) in [6, 6.07) is 6.07. The molecule has 1 N–H and O–H groups in total. The van der Waals surface area contributed by atoms with Gasteiger partial charge in [-0.2, -0.15) is 0 Å². The fourth-order valence-corrected chi connectivity index (χ4v) is 0.663. The molecule has 0 aliphatic rings. The molecule has 0 aromatic heterocycles. The summed E-state index contributed by atoms with van der Waals surface area (Å²) in [5.74, 6) is 0.172. The van der Waals surface area contributed by atoms with E-state index in [-0.39, 0.29) is 5.75 Å². The molecule has 0 unspecified atom stereocenters. The highest BCUT2D eigenvalue weighted by Crippen LogP contribution is 2.14. The van der Waals surface area contributed by atoms with Gasteiger partial charge in [0.25, 0.3) is 5.69 Å².